The first kappa shape index (κ1) is 12.3. The number of hydrogen-bond donors (Lipinski definition) is 1. The van der Waals surface area contributed by atoms with Gasteiger partial charge in [-0.2, -0.15) is 0 Å². The average molecular weight is 246 g/mol. The molecule has 0 amide bonds. The maximum atomic E-state index is 10.8. The smallest absolute Gasteiger partial charge is 0.272 e. The van der Waals surface area contributed by atoms with Gasteiger partial charge < -0.3 is 9.67 Å². The fourth-order valence-corrected chi connectivity index (χ4v) is 1.87. The molecule has 0 atom stereocenters. The number of rotatable bonds is 5. The lowest BCUT2D eigenvalue weighted by Crippen LogP contribution is -2.01. The van der Waals surface area contributed by atoms with Crippen molar-refractivity contribution >= 4 is 5.69 Å². The summed E-state index contributed by atoms with van der Waals surface area (Å²) < 4.78 is 1.92. The van der Waals surface area contributed by atoms with E-state index < -0.39 is 0 Å². The summed E-state index contributed by atoms with van der Waals surface area (Å²) in [5.41, 5.74) is 1.73. The van der Waals surface area contributed by atoms with E-state index in [0.29, 0.717) is 13.0 Å². The van der Waals surface area contributed by atoms with Gasteiger partial charge in [0.05, 0.1) is 11.5 Å². The van der Waals surface area contributed by atoms with E-state index in [9.17, 15) is 10.1 Å². The molecule has 18 heavy (non-hydrogen) atoms. The summed E-state index contributed by atoms with van der Waals surface area (Å²) in [7, 11) is 0. The summed E-state index contributed by atoms with van der Waals surface area (Å²) in [5.74, 6) is 0. The number of hydrogen-bond acceptors (Lipinski definition) is 3. The minimum absolute atomic E-state index is 0.0124. The number of aromatic nitrogens is 1. The first-order valence-electron chi connectivity index (χ1n) is 5.68. The van der Waals surface area contributed by atoms with Crippen molar-refractivity contribution in [2.75, 3.05) is 0 Å². The van der Waals surface area contributed by atoms with Crippen LogP contribution in [0, 0.1) is 10.1 Å². The normalized spacial score (nSPS) is 10.5. The molecule has 0 aliphatic carbocycles. The standard InChI is InChI=1S/C13H14N2O3/c16-10-11-5-7-14(9-11)8-6-12-3-1-2-4-13(12)15(17)18/h1-5,7,9,16H,6,8,10H2. The molecule has 0 spiro atoms. The summed E-state index contributed by atoms with van der Waals surface area (Å²) in [5, 5.41) is 19.8. The maximum Gasteiger partial charge on any atom is 0.272 e. The van der Waals surface area contributed by atoms with Crippen molar-refractivity contribution in [1.82, 2.24) is 4.57 Å². The third-order valence-corrected chi connectivity index (χ3v) is 2.82. The van der Waals surface area contributed by atoms with Crippen LogP contribution in [0.15, 0.2) is 42.7 Å². The van der Waals surface area contributed by atoms with Crippen molar-refractivity contribution in [1.29, 1.82) is 0 Å². The monoisotopic (exact) mass is 246 g/mol. The van der Waals surface area contributed by atoms with Crippen molar-refractivity contribution in [2.24, 2.45) is 0 Å². The maximum absolute atomic E-state index is 10.8. The van der Waals surface area contributed by atoms with E-state index in [-0.39, 0.29) is 17.2 Å². The Balaban J connectivity index is 2.08. The van der Waals surface area contributed by atoms with Gasteiger partial charge in [0.15, 0.2) is 0 Å². The molecular formula is C13H14N2O3. The number of aliphatic hydroxyl groups is 1. The molecular weight excluding hydrogens is 232 g/mol. The van der Waals surface area contributed by atoms with Gasteiger partial charge in [0, 0.05) is 30.6 Å². The molecule has 0 aliphatic rings. The molecule has 0 saturated heterocycles. The lowest BCUT2D eigenvalue weighted by Gasteiger charge is -2.04. The fraction of sp³-hybridized carbons (Fsp3) is 0.231. The third kappa shape index (κ3) is 2.75. The van der Waals surface area contributed by atoms with Gasteiger partial charge in [0.1, 0.15) is 0 Å². The Kier molecular flexibility index (Phi) is 3.74. The van der Waals surface area contributed by atoms with Gasteiger partial charge >= 0.3 is 0 Å². The second kappa shape index (κ2) is 5.46. The first-order valence-corrected chi connectivity index (χ1v) is 5.68. The molecule has 2 aromatic rings. The van der Waals surface area contributed by atoms with Crippen LogP contribution in [0.4, 0.5) is 5.69 Å². The predicted octanol–water partition coefficient (Wildman–Crippen LogP) is 2.13. The Bertz CT molecular complexity index is 549. The van der Waals surface area contributed by atoms with Crippen molar-refractivity contribution in [3.05, 3.63) is 64.0 Å². The Morgan fingerprint density at radius 3 is 2.72 bits per heavy atom. The minimum Gasteiger partial charge on any atom is -0.392 e. The summed E-state index contributed by atoms with van der Waals surface area (Å²) in [6, 6.07) is 8.59. The third-order valence-electron chi connectivity index (χ3n) is 2.82. The summed E-state index contributed by atoms with van der Waals surface area (Å²) in [6.07, 6.45) is 4.30. The SMILES string of the molecule is O=[N+]([O-])c1ccccc1CCn1ccc(CO)c1. The Hall–Kier alpha value is -2.14. The van der Waals surface area contributed by atoms with Crippen LogP contribution in [0.5, 0.6) is 0 Å². The van der Waals surface area contributed by atoms with E-state index in [1.54, 1.807) is 18.2 Å². The molecule has 94 valence electrons. The first-order chi connectivity index (χ1) is 8.70. The average Bonchev–Trinajstić information content (AvgIpc) is 2.84. The van der Waals surface area contributed by atoms with Crippen LogP contribution in [0.25, 0.3) is 0 Å². The molecule has 5 nitrogen and oxygen atoms in total. The molecule has 1 aromatic carbocycles. The van der Waals surface area contributed by atoms with Gasteiger partial charge in [-0.3, -0.25) is 10.1 Å². The van der Waals surface area contributed by atoms with Gasteiger partial charge in [0.2, 0.25) is 0 Å². The Morgan fingerprint density at radius 2 is 2.06 bits per heavy atom. The zero-order valence-electron chi connectivity index (χ0n) is 9.82. The molecule has 2 rings (SSSR count). The molecule has 0 aliphatic heterocycles. The molecule has 1 heterocycles. The number of nitro benzene ring substituents is 1. The summed E-state index contributed by atoms with van der Waals surface area (Å²) >= 11 is 0. The van der Waals surface area contributed by atoms with Crippen molar-refractivity contribution in [3.8, 4) is 0 Å². The van der Waals surface area contributed by atoms with E-state index >= 15 is 0 Å². The van der Waals surface area contributed by atoms with E-state index in [4.69, 9.17) is 5.11 Å². The van der Waals surface area contributed by atoms with Gasteiger partial charge in [-0.15, -0.1) is 0 Å². The van der Waals surface area contributed by atoms with Gasteiger partial charge in [-0.1, -0.05) is 18.2 Å². The second-order valence-electron chi connectivity index (χ2n) is 4.05. The van der Waals surface area contributed by atoms with Crippen molar-refractivity contribution < 1.29 is 10.0 Å². The number of benzene rings is 1. The second-order valence-corrected chi connectivity index (χ2v) is 4.05. The lowest BCUT2D eigenvalue weighted by molar-refractivity contribution is -0.385. The topological polar surface area (TPSA) is 68.3 Å². The predicted molar refractivity (Wildman–Crippen MR) is 67.2 cm³/mol. The van der Waals surface area contributed by atoms with Crippen LogP contribution in [0.2, 0.25) is 0 Å². The van der Waals surface area contributed by atoms with Crippen LogP contribution >= 0.6 is 0 Å². The molecule has 0 saturated carbocycles. The van der Waals surface area contributed by atoms with E-state index in [2.05, 4.69) is 0 Å². The Morgan fingerprint density at radius 1 is 1.28 bits per heavy atom. The number of aliphatic hydroxyl groups excluding tert-OH is 1. The number of nitro groups is 1. The highest BCUT2D eigenvalue weighted by molar-refractivity contribution is 5.39. The van der Waals surface area contributed by atoms with Crippen LogP contribution in [0.3, 0.4) is 0 Å². The van der Waals surface area contributed by atoms with E-state index in [1.165, 1.54) is 6.07 Å². The molecule has 0 bridgehead atoms. The highest BCUT2D eigenvalue weighted by Crippen LogP contribution is 2.18. The van der Waals surface area contributed by atoms with E-state index in [1.807, 2.05) is 23.0 Å². The molecule has 1 aromatic heterocycles. The van der Waals surface area contributed by atoms with Crippen LogP contribution < -0.4 is 0 Å². The number of nitrogens with zero attached hydrogens (tertiary/aromatic N) is 2. The highest BCUT2D eigenvalue weighted by Gasteiger charge is 2.11. The highest BCUT2D eigenvalue weighted by atomic mass is 16.6. The largest absolute Gasteiger partial charge is 0.392 e. The summed E-state index contributed by atoms with van der Waals surface area (Å²) in [4.78, 5) is 10.5. The van der Waals surface area contributed by atoms with Crippen LogP contribution in [-0.2, 0) is 19.6 Å². The van der Waals surface area contributed by atoms with Gasteiger partial charge in [-0.25, -0.2) is 0 Å². The number of para-hydroxylation sites is 1. The van der Waals surface area contributed by atoms with Crippen LogP contribution in [-0.4, -0.2) is 14.6 Å². The molecule has 0 fully saturated rings. The molecule has 1 N–H and O–H groups in total. The van der Waals surface area contributed by atoms with E-state index in [0.717, 1.165) is 11.1 Å². The zero-order valence-corrected chi connectivity index (χ0v) is 9.82. The fourth-order valence-electron chi connectivity index (χ4n) is 1.87. The minimum atomic E-state index is -0.357. The van der Waals surface area contributed by atoms with Gasteiger partial charge in [-0.05, 0) is 18.1 Å². The van der Waals surface area contributed by atoms with Crippen molar-refractivity contribution in [3.63, 3.8) is 0 Å². The summed E-state index contributed by atoms with van der Waals surface area (Å²) in [6.45, 7) is 0.670. The lowest BCUT2D eigenvalue weighted by atomic mass is 10.1. The van der Waals surface area contributed by atoms with Crippen molar-refractivity contribution in [2.45, 2.75) is 19.6 Å². The molecule has 5 heteroatoms. The van der Waals surface area contributed by atoms with Crippen LogP contribution in [0.1, 0.15) is 11.1 Å². The quantitative estimate of drug-likeness (QED) is 0.649. The Labute approximate surface area is 104 Å². The molecule has 0 unspecified atom stereocenters. The molecule has 0 radical (unpaired) electrons. The zero-order chi connectivity index (χ0) is 13.0. The van der Waals surface area contributed by atoms with Gasteiger partial charge in [0.25, 0.3) is 5.69 Å². The number of aryl methyl sites for hydroxylation is 2.